The molecule has 5 rings (SSSR count). The number of hydrogen-bond donors (Lipinski definition) is 0. The van der Waals surface area contributed by atoms with Crippen LogP contribution in [0.5, 0.6) is 0 Å². The lowest BCUT2D eigenvalue weighted by Crippen LogP contribution is -2.46. The van der Waals surface area contributed by atoms with Crippen LogP contribution >= 0.6 is 11.3 Å². The lowest BCUT2D eigenvalue weighted by molar-refractivity contribution is -0.135. The van der Waals surface area contributed by atoms with Gasteiger partial charge in [0.15, 0.2) is 0 Å². The maximum atomic E-state index is 13.7. The number of carbonyl (C=O) groups is 1. The number of aromatic nitrogens is 2. The summed E-state index contributed by atoms with van der Waals surface area (Å²) in [6, 6.07) is 7.77. The SMILES string of the molecule is CCc1ccc(-n2c(=O)c3c4c(sc3n(CC(=O)N3CCCC[C@H]3C)c2=O)CCCC4)cc1. The Morgan fingerprint density at radius 2 is 1.82 bits per heavy atom. The third-order valence-corrected chi connectivity index (χ3v) is 8.57. The Kier molecular flexibility index (Phi) is 5.99. The molecule has 0 spiro atoms. The zero-order valence-electron chi connectivity index (χ0n) is 19.4. The third-order valence-electron chi connectivity index (χ3n) is 7.26. The van der Waals surface area contributed by atoms with Crippen molar-refractivity contribution < 1.29 is 4.79 Å². The van der Waals surface area contributed by atoms with Gasteiger partial charge in [-0.3, -0.25) is 14.2 Å². The summed E-state index contributed by atoms with van der Waals surface area (Å²) >= 11 is 1.53. The fourth-order valence-electron chi connectivity index (χ4n) is 5.31. The van der Waals surface area contributed by atoms with Crippen molar-refractivity contribution in [1.29, 1.82) is 0 Å². The predicted molar refractivity (Wildman–Crippen MR) is 133 cm³/mol. The molecule has 0 unspecified atom stereocenters. The molecule has 1 aliphatic carbocycles. The molecular formula is C26H31N3O3S. The van der Waals surface area contributed by atoms with Crippen molar-refractivity contribution in [3.63, 3.8) is 0 Å². The second-order valence-electron chi connectivity index (χ2n) is 9.35. The summed E-state index contributed by atoms with van der Waals surface area (Å²) in [5.41, 5.74) is 2.11. The Labute approximate surface area is 197 Å². The van der Waals surface area contributed by atoms with Crippen LogP contribution in [0, 0.1) is 0 Å². The Bertz CT molecular complexity index is 1320. The molecule has 7 heteroatoms. The van der Waals surface area contributed by atoms with E-state index in [0.717, 1.165) is 69.0 Å². The normalized spacial score (nSPS) is 18.5. The fourth-order valence-corrected chi connectivity index (χ4v) is 6.68. The van der Waals surface area contributed by atoms with Crippen molar-refractivity contribution in [1.82, 2.24) is 14.0 Å². The molecule has 0 N–H and O–H groups in total. The molecule has 1 aromatic carbocycles. The number of nitrogens with zero attached hydrogens (tertiary/aromatic N) is 3. The highest BCUT2D eigenvalue weighted by atomic mass is 32.1. The molecule has 1 fully saturated rings. The first kappa shape index (κ1) is 22.1. The number of amides is 1. The lowest BCUT2D eigenvalue weighted by Gasteiger charge is -2.33. The minimum absolute atomic E-state index is 0.0214. The average molecular weight is 466 g/mol. The standard InChI is InChI=1S/C26H31N3O3S/c1-3-18-11-13-19(14-12-18)29-24(31)23-20-9-4-5-10-21(20)33-25(23)28(26(29)32)16-22(30)27-15-7-6-8-17(27)2/h11-14,17H,3-10,15-16H2,1-2H3/t17-/m1/s1. The monoisotopic (exact) mass is 465 g/mol. The number of thiophene rings is 1. The van der Waals surface area contributed by atoms with Crippen LogP contribution in [0.25, 0.3) is 15.9 Å². The van der Waals surface area contributed by atoms with Gasteiger partial charge in [-0.05, 0) is 81.5 Å². The first-order chi connectivity index (χ1) is 16.0. The van der Waals surface area contributed by atoms with E-state index in [2.05, 4.69) is 13.8 Å². The first-order valence-corrected chi connectivity index (χ1v) is 13.0. The van der Waals surface area contributed by atoms with E-state index in [-0.39, 0.29) is 24.1 Å². The maximum absolute atomic E-state index is 13.7. The summed E-state index contributed by atoms with van der Waals surface area (Å²) in [5, 5.41) is 0.633. The molecule has 3 aromatic rings. The zero-order chi connectivity index (χ0) is 23.1. The second kappa shape index (κ2) is 8.93. The van der Waals surface area contributed by atoms with Crippen LogP contribution in [0.1, 0.15) is 62.0 Å². The largest absolute Gasteiger partial charge is 0.338 e. The number of piperidine rings is 1. The molecule has 6 nitrogen and oxygen atoms in total. The highest BCUT2D eigenvalue weighted by Crippen LogP contribution is 2.34. The molecule has 1 atom stereocenters. The van der Waals surface area contributed by atoms with E-state index < -0.39 is 5.69 Å². The minimum atomic E-state index is -0.423. The van der Waals surface area contributed by atoms with Crippen LogP contribution in [0.15, 0.2) is 33.9 Å². The minimum Gasteiger partial charge on any atom is -0.338 e. The second-order valence-corrected chi connectivity index (χ2v) is 10.4. The predicted octanol–water partition coefficient (Wildman–Crippen LogP) is 4.06. The number of fused-ring (bicyclic) bond motifs is 3. The molecule has 1 saturated heterocycles. The van der Waals surface area contributed by atoms with Crippen LogP contribution in [0.3, 0.4) is 0 Å². The topological polar surface area (TPSA) is 64.3 Å². The Morgan fingerprint density at radius 3 is 2.55 bits per heavy atom. The maximum Gasteiger partial charge on any atom is 0.337 e. The lowest BCUT2D eigenvalue weighted by atomic mass is 9.97. The van der Waals surface area contributed by atoms with Gasteiger partial charge in [0.05, 0.1) is 11.1 Å². The molecule has 3 heterocycles. The van der Waals surface area contributed by atoms with Crippen LogP contribution in [0.2, 0.25) is 0 Å². The third kappa shape index (κ3) is 3.86. The zero-order valence-corrected chi connectivity index (χ0v) is 20.2. The molecule has 0 radical (unpaired) electrons. The van der Waals surface area contributed by atoms with Crippen molar-refractivity contribution in [2.24, 2.45) is 0 Å². The highest BCUT2D eigenvalue weighted by Gasteiger charge is 2.28. The molecule has 2 aromatic heterocycles. The molecule has 1 aliphatic heterocycles. The van der Waals surface area contributed by atoms with E-state index in [4.69, 9.17) is 0 Å². The van der Waals surface area contributed by atoms with Crippen LogP contribution in [-0.4, -0.2) is 32.5 Å². The number of hydrogen-bond acceptors (Lipinski definition) is 4. The smallest absolute Gasteiger partial charge is 0.337 e. The Morgan fingerprint density at radius 1 is 1.06 bits per heavy atom. The van der Waals surface area contributed by atoms with Gasteiger partial charge in [-0.15, -0.1) is 11.3 Å². The van der Waals surface area contributed by atoms with Gasteiger partial charge in [0.25, 0.3) is 5.56 Å². The first-order valence-electron chi connectivity index (χ1n) is 12.2. The Hall–Kier alpha value is -2.67. The van der Waals surface area contributed by atoms with Crippen molar-refractivity contribution in [2.45, 2.75) is 77.8 Å². The van der Waals surface area contributed by atoms with Crippen LogP contribution in [0.4, 0.5) is 0 Å². The fraction of sp³-hybridized carbons (Fsp3) is 0.500. The van der Waals surface area contributed by atoms with Gasteiger partial charge < -0.3 is 4.90 Å². The van der Waals surface area contributed by atoms with E-state index in [1.807, 2.05) is 29.2 Å². The number of rotatable bonds is 4. The van der Waals surface area contributed by atoms with Crippen molar-refractivity contribution >= 4 is 27.5 Å². The number of carbonyl (C=O) groups excluding carboxylic acids is 1. The molecule has 33 heavy (non-hydrogen) atoms. The number of aryl methyl sites for hydroxylation is 3. The van der Waals surface area contributed by atoms with E-state index in [1.165, 1.54) is 20.8 Å². The highest BCUT2D eigenvalue weighted by molar-refractivity contribution is 7.18. The number of likely N-dealkylation sites (tertiary alicyclic amines) is 1. The number of benzene rings is 1. The molecule has 2 aliphatic rings. The van der Waals surface area contributed by atoms with Gasteiger partial charge in [-0.1, -0.05) is 19.1 Å². The molecule has 174 valence electrons. The molecule has 0 bridgehead atoms. The average Bonchev–Trinajstić information content (AvgIpc) is 3.22. The van der Waals surface area contributed by atoms with Crippen LogP contribution < -0.4 is 11.2 Å². The summed E-state index contributed by atoms with van der Waals surface area (Å²) in [4.78, 5) is 44.5. The molecule has 0 saturated carbocycles. The van der Waals surface area contributed by atoms with E-state index >= 15 is 0 Å². The van der Waals surface area contributed by atoms with E-state index in [0.29, 0.717) is 15.9 Å². The van der Waals surface area contributed by atoms with Gasteiger partial charge >= 0.3 is 5.69 Å². The van der Waals surface area contributed by atoms with Gasteiger partial charge in [-0.25, -0.2) is 9.36 Å². The van der Waals surface area contributed by atoms with Crippen LogP contribution in [-0.2, 0) is 30.6 Å². The van der Waals surface area contributed by atoms with E-state index in [9.17, 15) is 14.4 Å². The van der Waals surface area contributed by atoms with Crippen molar-refractivity contribution in [2.75, 3.05) is 6.54 Å². The van der Waals surface area contributed by atoms with Gasteiger partial charge in [0.2, 0.25) is 5.91 Å². The van der Waals surface area contributed by atoms with Crippen molar-refractivity contribution in [3.8, 4) is 5.69 Å². The molecule has 1 amide bonds. The summed E-state index contributed by atoms with van der Waals surface area (Å²) in [5.74, 6) is -0.0384. The summed E-state index contributed by atoms with van der Waals surface area (Å²) in [6.45, 7) is 4.86. The van der Waals surface area contributed by atoms with Crippen molar-refractivity contribution in [3.05, 3.63) is 61.1 Å². The summed E-state index contributed by atoms with van der Waals surface area (Å²) < 4.78 is 2.84. The summed E-state index contributed by atoms with van der Waals surface area (Å²) in [6.07, 6.45) is 7.95. The quantitative estimate of drug-likeness (QED) is 0.584. The van der Waals surface area contributed by atoms with Gasteiger partial charge in [0, 0.05) is 17.5 Å². The Balaban J connectivity index is 1.70. The van der Waals surface area contributed by atoms with Gasteiger partial charge in [0.1, 0.15) is 11.4 Å². The molecular weight excluding hydrogens is 434 g/mol. The van der Waals surface area contributed by atoms with Gasteiger partial charge in [-0.2, -0.15) is 0 Å². The van der Waals surface area contributed by atoms with E-state index in [1.54, 1.807) is 4.57 Å². The summed E-state index contributed by atoms with van der Waals surface area (Å²) in [7, 11) is 0.